The van der Waals surface area contributed by atoms with Gasteiger partial charge in [0.25, 0.3) is 5.91 Å². The van der Waals surface area contributed by atoms with E-state index in [1.807, 2.05) is 54.6 Å². The van der Waals surface area contributed by atoms with Crippen molar-refractivity contribution in [1.82, 2.24) is 4.90 Å². The SMILES string of the molecule is O=C(COc1ccc(Br)cc1)Nc1ccc(N2CCN(Cc3ccccc3Cl)CC2)cc1. The first-order chi connectivity index (χ1) is 15.6. The molecule has 3 aromatic carbocycles. The van der Waals surface area contributed by atoms with Crippen molar-refractivity contribution in [3.8, 4) is 5.75 Å². The van der Waals surface area contributed by atoms with Gasteiger partial charge in [0.2, 0.25) is 0 Å². The zero-order valence-corrected chi connectivity index (χ0v) is 20.0. The summed E-state index contributed by atoms with van der Waals surface area (Å²) in [6, 6.07) is 23.4. The van der Waals surface area contributed by atoms with Crippen LogP contribution in [0.15, 0.2) is 77.3 Å². The van der Waals surface area contributed by atoms with Gasteiger partial charge in [-0.15, -0.1) is 0 Å². The fourth-order valence-electron chi connectivity index (χ4n) is 3.66. The molecule has 0 atom stereocenters. The number of hydrogen-bond donors (Lipinski definition) is 1. The highest BCUT2D eigenvalue weighted by molar-refractivity contribution is 9.10. The van der Waals surface area contributed by atoms with Crippen LogP contribution in [0.2, 0.25) is 5.02 Å². The van der Waals surface area contributed by atoms with Crippen molar-refractivity contribution in [2.75, 3.05) is 43.0 Å². The summed E-state index contributed by atoms with van der Waals surface area (Å²) in [5.41, 5.74) is 3.09. The number of halogens is 2. The van der Waals surface area contributed by atoms with Crippen LogP contribution < -0.4 is 15.0 Å². The fraction of sp³-hybridized carbons (Fsp3) is 0.240. The molecule has 0 saturated carbocycles. The van der Waals surface area contributed by atoms with Crippen molar-refractivity contribution < 1.29 is 9.53 Å². The van der Waals surface area contributed by atoms with Crippen molar-refractivity contribution in [3.63, 3.8) is 0 Å². The number of carbonyl (C=O) groups excluding carboxylic acids is 1. The van der Waals surface area contributed by atoms with Crippen molar-refractivity contribution in [1.29, 1.82) is 0 Å². The quantitative estimate of drug-likeness (QED) is 0.456. The Kier molecular flexibility index (Phi) is 7.68. The summed E-state index contributed by atoms with van der Waals surface area (Å²) in [5, 5.41) is 3.71. The first kappa shape index (κ1) is 22.6. The number of amides is 1. The second-order valence-corrected chi connectivity index (χ2v) is 9.02. The van der Waals surface area contributed by atoms with Crippen LogP contribution in [0.3, 0.4) is 0 Å². The number of piperazine rings is 1. The molecular formula is C25H25BrClN3O2. The molecular weight excluding hydrogens is 490 g/mol. The molecule has 1 N–H and O–H groups in total. The third kappa shape index (κ3) is 6.25. The predicted molar refractivity (Wildman–Crippen MR) is 134 cm³/mol. The maximum absolute atomic E-state index is 12.2. The van der Waals surface area contributed by atoms with E-state index in [0.717, 1.165) is 53.6 Å². The van der Waals surface area contributed by atoms with E-state index >= 15 is 0 Å². The molecule has 1 saturated heterocycles. The van der Waals surface area contributed by atoms with Gasteiger partial charge in [0.1, 0.15) is 5.75 Å². The summed E-state index contributed by atoms with van der Waals surface area (Å²) in [6.45, 7) is 4.72. The van der Waals surface area contributed by atoms with Gasteiger partial charge in [-0.05, 0) is 60.2 Å². The minimum atomic E-state index is -0.186. The largest absolute Gasteiger partial charge is 0.484 e. The second kappa shape index (κ2) is 10.9. The zero-order valence-electron chi connectivity index (χ0n) is 17.6. The first-order valence-electron chi connectivity index (χ1n) is 10.6. The Hall–Kier alpha value is -2.54. The number of carbonyl (C=O) groups is 1. The lowest BCUT2D eigenvalue weighted by Crippen LogP contribution is -2.46. The molecule has 1 heterocycles. The molecule has 1 amide bonds. The molecule has 32 heavy (non-hydrogen) atoms. The van der Waals surface area contributed by atoms with Crippen molar-refractivity contribution in [2.45, 2.75) is 6.54 Å². The van der Waals surface area contributed by atoms with Crippen LogP contribution in [0, 0.1) is 0 Å². The number of anilines is 2. The van der Waals surface area contributed by atoms with E-state index in [1.165, 1.54) is 5.56 Å². The monoisotopic (exact) mass is 513 g/mol. The van der Waals surface area contributed by atoms with Gasteiger partial charge in [0.15, 0.2) is 6.61 Å². The summed E-state index contributed by atoms with van der Waals surface area (Å²) in [6.07, 6.45) is 0. The zero-order chi connectivity index (χ0) is 22.3. The van der Waals surface area contributed by atoms with Crippen molar-refractivity contribution >= 4 is 44.8 Å². The predicted octanol–water partition coefficient (Wildman–Crippen LogP) is 5.44. The van der Waals surface area contributed by atoms with Gasteiger partial charge in [-0.25, -0.2) is 0 Å². The van der Waals surface area contributed by atoms with Crippen LogP contribution in [-0.4, -0.2) is 43.6 Å². The Bertz CT molecular complexity index is 1040. The highest BCUT2D eigenvalue weighted by Crippen LogP contribution is 2.22. The second-order valence-electron chi connectivity index (χ2n) is 7.69. The number of rotatable bonds is 7. The Labute approximate surface area is 202 Å². The molecule has 1 aliphatic rings. The summed E-state index contributed by atoms with van der Waals surface area (Å²) in [5.74, 6) is 0.473. The minimum absolute atomic E-state index is 0.0310. The summed E-state index contributed by atoms with van der Waals surface area (Å²) in [4.78, 5) is 17.0. The van der Waals surface area contributed by atoms with E-state index in [9.17, 15) is 4.79 Å². The van der Waals surface area contributed by atoms with E-state index in [4.69, 9.17) is 16.3 Å². The molecule has 0 aromatic heterocycles. The molecule has 0 bridgehead atoms. The number of nitrogens with one attached hydrogen (secondary N) is 1. The van der Waals surface area contributed by atoms with Gasteiger partial charge < -0.3 is 15.0 Å². The van der Waals surface area contributed by atoms with Crippen LogP contribution in [-0.2, 0) is 11.3 Å². The van der Waals surface area contributed by atoms with Gasteiger partial charge in [-0.2, -0.15) is 0 Å². The lowest BCUT2D eigenvalue weighted by atomic mass is 10.2. The molecule has 0 radical (unpaired) electrons. The third-order valence-corrected chi connectivity index (χ3v) is 6.32. The Balaban J connectivity index is 1.23. The molecule has 0 unspecified atom stereocenters. The van der Waals surface area contributed by atoms with E-state index in [0.29, 0.717) is 5.75 Å². The Morgan fingerprint density at radius 3 is 2.31 bits per heavy atom. The van der Waals surface area contributed by atoms with Crippen LogP contribution >= 0.6 is 27.5 Å². The lowest BCUT2D eigenvalue weighted by molar-refractivity contribution is -0.118. The summed E-state index contributed by atoms with van der Waals surface area (Å²) < 4.78 is 6.49. The van der Waals surface area contributed by atoms with Crippen LogP contribution in [0.25, 0.3) is 0 Å². The molecule has 4 rings (SSSR count). The lowest BCUT2D eigenvalue weighted by Gasteiger charge is -2.36. The highest BCUT2D eigenvalue weighted by Gasteiger charge is 2.18. The maximum atomic E-state index is 12.2. The van der Waals surface area contributed by atoms with E-state index < -0.39 is 0 Å². The Morgan fingerprint density at radius 2 is 1.62 bits per heavy atom. The molecule has 0 spiro atoms. The van der Waals surface area contributed by atoms with Crippen LogP contribution in [0.4, 0.5) is 11.4 Å². The molecule has 3 aromatic rings. The number of benzene rings is 3. The van der Waals surface area contributed by atoms with Gasteiger partial charge in [-0.3, -0.25) is 9.69 Å². The van der Waals surface area contributed by atoms with Crippen LogP contribution in [0.1, 0.15) is 5.56 Å². The van der Waals surface area contributed by atoms with Crippen molar-refractivity contribution in [3.05, 3.63) is 87.9 Å². The molecule has 5 nitrogen and oxygen atoms in total. The van der Waals surface area contributed by atoms with Gasteiger partial charge in [0.05, 0.1) is 0 Å². The normalized spacial score (nSPS) is 14.2. The minimum Gasteiger partial charge on any atom is -0.484 e. The number of ether oxygens (including phenoxy) is 1. The van der Waals surface area contributed by atoms with Gasteiger partial charge in [0, 0.05) is 53.6 Å². The molecule has 0 aliphatic carbocycles. The Morgan fingerprint density at radius 1 is 0.938 bits per heavy atom. The van der Waals surface area contributed by atoms with E-state index in [2.05, 4.69) is 49.2 Å². The topological polar surface area (TPSA) is 44.8 Å². The van der Waals surface area contributed by atoms with E-state index in [1.54, 1.807) is 0 Å². The first-order valence-corrected chi connectivity index (χ1v) is 11.7. The number of hydrogen-bond acceptors (Lipinski definition) is 4. The maximum Gasteiger partial charge on any atom is 0.262 e. The fourth-order valence-corrected chi connectivity index (χ4v) is 4.12. The smallest absolute Gasteiger partial charge is 0.262 e. The third-order valence-electron chi connectivity index (χ3n) is 5.42. The average Bonchev–Trinajstić information content (AvgIpc) is 2.81. The van der Waals surface area contributed by atoms with Crippen molar-refractivity contribution in [2.24, 2.45) is 0 Å². The van der Waals surface area contributed by atoms with Gasteiger partial charge in [-0.1, -0.05) is 45.7 Å². The highest BCUT2D eigenvalue weighted by atomic mass is 79.9. The molecule has 1 fully saturated rings. The van der Waals surface area contributed by atoms with Crippen LogP contribution in [0.5, 0.6) is 5.75 Å². The molecule has 166 valence electrons. The average molecular weight is 515 g/mol. The summed E-state index contributed by atoms with van der Waals surface area (Å²) >= 11 is 9.68. The standard InChI is InChI=1S/C25H25BrClN3O2/c26-20-5-11-23(12-6-20)32-18-25(31)28-21-7-9-22(10-8-21)30-15-13-29(14-16-30)17-19-3-1-2-4-24(19)27/h1-12H,13-18H2,(H,28,31). The van der Waals surface area contributed by atoms with E-state index in [-0.39, 0.29) is 12.5 Å². The molecule has 7 heteroatoms. The number of nitrogens with zero attached hydrogens (tertiary/aromatic N) is 2. The summed E-state index contributed by atoms with van der Waals surface area (Å²) in [7, 11) is 0. The van der Waals surface area contributed by atoms with Gasteiger partial charge >= 0.3 is 0 Å². The molecule has 1 aliphatic heterocycles.